The summed E-state index contributed by atoms with van der Waals surface area (Å²) in [6, 6.07) is 7.74. The lowest BCUT2D eigenvalue weighted by atomic mass is 10.3. The van der Waals surface area contributed by atoms with Gasteiger partial charge < -0.3 is 19.7 Å². The molecule has 2 atom stereocenters. The fourth-order valence-electron chi connectivity index (χ4n) is 2.40. The van der Waals surface area contributed by atoms with E-state index < -0.39 is 32.1 Å². The lowest BCUT2D eigenvalue weighted by molar-refractivity contribution is 0.111. The van der Waals surface area contributed by atoms with Gasteiger partial charge in [-0.05, 0) is 36.4 Å². The van der Waals surface area contributed by atoms with Gasteiger partial charge in [-0.2, -0.15) is 0 Å². The molecular weight excluding hydrogens is 541 g/mol. The maximum absolute atomic E-state index is 13.0. The Labute approximate surface area is 207 Å². The van der Waals surface area contributed by atoms with E-state index in [2.05, 4.69) is 4.72 Å². The van der Waals surface area contributed by atoms with Crippen LogP contribution in [0.15, 0.2) is 46.2 Å². The van der Waals surface area contributed by atoms with Gasteiger partial charge in [-0.25, -0.2) is 21.6 Å². The fraction of sp³-hybridized carbons (Fsp3) is 0.368. The lowest BCUT2D eigenvalue weighted by Crippen LogP contribution is -2.34. The molecule has 2 aromatic rings. The van der Waals surface area contributed by atoms with Gasteiger partial charge in [0.05, 0.1) is 32.0 Å². The van der Waals surface area contributed by atoms with Crippen molar-refractivity contribution in [3.05, 3.63) is 46.4 Å². The van der Waals surface area contributed by atoms with Crippen LogP contribution in [0.1, 0.15) is 0 Å². The molecule has 0 heterocycles. The topological polar surface area (TPSA) is 139 Å². The van der Waals surface area contributed by atoms with Gasteiger partial charge in [-0.15, -0.1) is 11.6 Å². The van der Waals surface area contributed by atoms with E-state index in [-0.39, 0.29) is 57.0 Å². The predicted molar refractivity (Wildman–Crippen MR) is 125 cm³/mol. The Hall–Kier alpha value is -1.31. The second-order valence-electron chi connectivity index (χ2n) is 6.90. The zero-order valence-corrected chi connectivity index (χ0v) is 21.1. The average Bonchev–Trinajstić information content (AvgIpc) is 2.75. The molecule has 184 valence electrons. The first-order valence-electron chi connectivity index (χ1n) is 9.30. The van der Waals surface area contributed by atoms with Crippen LogP contribution in [0.25, 0.3) is 0 Å². The molecule has 0 amide bonds. The first kappa shape index (κ1) is 27.9. The van der Waals surface area contributed by atoms with Gasteiger partial charge in [-0.1, -0.05) is 23.2 Å². The van der Waals surface area contributed by atoms with Gasteiger partial charge in [0, 0.05) is 6.54 Å². The maximum Gasteiger partial charge on any atom is 0.208 e. The quantitative estimate of drug-likeness (QED) is 0.334. The molecule has 3 N–H and O–H groups in total. The number of halogens is 3. The molecule has 0 saturated carbocycles. The summed E-state index contributed by atoms with van der Waals surface area (Å²) in [6.45, 7) is -0.605. The predicted octanol–water partition coefficient (Wildman–Crippen LogP) is 2.09. The highest BCUT2D eigenvalue weighted by Gasteiger charge is 2.22. The number of hydrogen-bond acceptors (Lipinski definition) is 8. The first-order chi connectivity index (χ1) is 15.3. The molecule has 9 nitrogen and oxygen atoms in total. The number of alkyl halides is 1. The van der Waals surface area contributed by atoms with E-state index in [0.29, 0.717) is 0 Å². The van der Waals surface area contributed by atoms with Crippen molar-refractivity contribution in [1.29, 1.82) is 0 Å². The van der Waals surface area contributed by atoms with Crippen molar-refractivity contribution in [3.63, 3.8) is 0 Å². The molecule has 0 saturated heterocycles. The molecule has 0 radical (unpaired) electrons. The summed E-state index contributed by atoms with van der Waals surface area (Å²) in [7, 11) is -7.43. The number of sulfone groups is 1. The maximum atomic E-state index is 13.0. The van der Waals surface area contributed by atoms with Gasteiger partial charge >= 0.3 is 0 Å². The molecule has 2 aromatic carbocycles. The second-order valence-corrected chi connectivity index (χ2v) is 11.8. The van der Waals surface area contributed by atoms with E-state index in [0.717, 1.165) is 6.26 Å². The Balaban J connectivity index is 2.11. The van der Waals surface area contributed by atoms with Crippen LogP contribution >= 0.6 is 34.8 Å². The van der Waals surface area contributed by atoms with E-state index in [1.165, 1.54) is 36.4 Å². The molecule has 0 spiro atoms. The van der Waals surface area contributed by atoms with Gasteiger partial charge in [-0.3, -0.25) is 0 Å². The SMILES string of the molecule is CS(=O)(=O)NCC(O)COc1ccc(S(=O)(=O)c2cc(Cl)c(OCC(O)CCl)c(Cl)c2)cc1. The average molecular weight is 563 g/mol. The number of aliphatic hydroxyl groups is 2. The molecule has 14 heteroatoms. The highest BCUT2D eigenvalue weighted by atomic mass is 35.5. The number of aliphatic hydroxyl groups excluding tert-OH is 2. The highest BCUT2D eigenvalue weighted by Crippen LogP contribution is 2.37. The Kier molecular flexibility index (Phi) is 10.1. The zero-order chi connectivity index (χ0) is 24.8. The van der Waals surface area contributed by atoms with Crippen LogP contribution in [0, 0.1) is 0 Å². The Bertz CT molecular complexity index is 1140. The normalized spacial score (nSPS) is 14.0. The third-order valence-corrected chi connectivity index (χ3v) is 7.40. The summed E-state index contributed by atoms with van der Waals surface area (Å²) < 4.78 is 60.8. The fourth-order valence-corrected chi connectivity index (χ4v) is 5.03. The Morgan fingerprint density at radius 2 is 1.45 bits per heavy atom. The van der Waals surface area contributed by atoms with Gasteiger partial charge in [0.15, 0.2) is 5.75 Å². The summed E-state index contributed by atoms with van der Waals surface area (Å²) in [5.41, 5.74) is 0. The van der Waals surface area contributed by atoms with Crippen LogP contribution in [-0.4, -0.2) is 71.2 Å². The number of nitrogens with one attached hydrogen (secondary N) is 1. The van der Waals surface area contributed by atoms with E-state index in [4.69, 9.17) is 44.3 Å². The summed E-state index contributed by atoms with van der Waals surface area (Å²) >= 11 is 17.8. The molecule has 0 aliphatic rings. The van der Waals surface area contributed by atoms with Crippen LogP contribution in [0.5, 0.6) is 11.5 Å². The summed E-state index contributed by atoms with van der Waals surface area (Å²) in [5, 5.41) is 19.1. The minimum atomic E-state index is -3.99. The number of sulfonamides is 1. The first-order valence-corrected chi connectivity index (χ1v) is 14.0. The van der Waals surface area contributed by atoms with Crippen molar-refractivity contribution >= 4 is 54.7 Å². The lowest BCUT2D eigenvalue weighted by Gasteiger charge is -2.14. The van der Waals surface area contributed by atoms with Gasteiger partial charge in [0.25, 0.3) is 0 Å². The molecule has 0 fully saturated rings. The molecule has 2 rings (SSSR count). The third-order valence-electron chi connectivity index (χ3n) is 4.04. The summed E-state index contributed by atoms with van der Waals surface area (Å²) in [6.07, 6.45) is -1.08. The van der Waals surface area contributed by atoms with Crippen LogP contribution in [0.3, 0.4) is 0 Å². The van der Waals surface area contributed by atoms with Gasteiger partial charge in [0.1, 0.15) is 31.2 Å². The minimum absolute atomic E-state index is 0.0223. The summed E-state index contributed by atoms with van der Waals surface area (Å²) in [4.78, 5) is -0.230. The zero-order valence-electron chi connectivity index (χ0n) is 17.2. The third kappa shape index (κ3) is 8.45. The van der Waals surface area contributed by atoms with Crippen molar-refractivity contribution in [3.8, 4) is 11.5 Å². The van der Waals surface area contributed by atoms with Crippen molar-refractivity contribution in [2.45, 2.75) is 22.0 Å². The van der Waals surface area contributed by atoms with Crippen molar-refractivity contribution < 1.29 is 36.5 Å². The molecule has 0 bridgehead atoms. The number of hydrogen-bond donors (Lipinski definition) is 3. The van der Waals surface area contributed by atoms with E-state index in [1.807, 2.05) is 0 Å². The van der Waals surface area contributed by atoms with E-state index in [9.17, 15) is 27.0 Å². The number of benzene rings is 2. The summed E-state index contributed by atoms with van der Waals surface area (Å²) in [5.74, 6) is 0.233. The standard InChI is InChI=1S/C19H22Cl3NO8S2/c1-32(26,27)23-9-13(25)11-30-14-2-4-15(5-3-14)33(28,29)16-6-17(21)19(18(22)7-16)31-10-12(24)8-20/h2-7,12-13,23-25H,8-11H2,1H3. The smallest absolute Gasteiger partial charge is 0.208 e. The van der Waals surface area contributed by atoms with Gasteiger partial charge in [0.2, 0.25) is 19.9 Å². The molecule has 33 heavy (non-hydrogen) atoms. The number of rotatable bonds is 12. The Morgan fingerprint density at radius 3 is 1.97 bits per heavy atom. The monoisotopic (exact) mass is 561 g/mol. The molecule has 0 aliphatic carbocycles. The molecule has 2 unspecified atom stereocenters. The second kappa shape index (κ2) is 11.9. The van der Waals surface area contributed by atoms with Crippen molar-refractivity contribution in [1.82, 2.24) is 4.72 Å². The Morgan fingerprint density at radius 1 is 0.909 bits per heavy atom. The van der Waals surface area contributed by atoms with Crippen LogP contribution in [0.2, 0.25) is 10.0 Å². The molecule has 0 aromatic heterocycles. The van der Waals surface area contributed by atoms with Crippen LogP contribution < -0.4 is 14.2 Å². The highest BCUT2D eigenvalue weighted by molar-refractivity contribution is 7.91. The van der Waals surface area contributed by atoms with Crippen molar-refractivity contribution in [2.24, 2.45) is 0 Å². The van der Waals surface area contributed by atoms with E-state index >= 15 is 0 Å². The van der Waals surface area contributed by atoms with E-state index in [1.54, 1.807) is 0 Å². The minimum Gasteiger partial charge on any atom is -0.491 e. The van der Waals surface area contributed by atoms with Crippen LogP contribution in [0.4, 0.5) is 0 Å². The molecule has 0 aliphatic heterocycles. The van der Waals surface area contributed by atoms with Crippen LogP contribution in [-0.2, 0) is 19.9 Å². The molecular formula is C19H22Cl3NO8S2. The largest absolute Gasteiger partial charge is 0.491 e. The number of ether oxygens (including phenoxy) is 2. The van der Waals surface area contributed by atoms with Crippen molar-refractivity contribution in [2.75, 3.05) is 31.9 Å².